The van der Waals surface area contributed by atoms with Gasteiger partial charge in [0, 0.05) is 29.9 Å². The molecule has 29 heavy (non-hydrogen) atoms. The second kappa shape index (κ2) is 9.62. The summed E-state index contributed by atoms with van der Waals surface area (Å²) in [7, 11) is 1.51. The Kier molecular flexibility index (Phi) is 6.95. The normalized spacial score (nSPS) is 11.9. The Morgan fingerprint density at radius 1 is 1.10 bits per heavy atom. The first kappa shape index (κ1) is 21.0. The molecule has 3 rings (SSSR count). The third-order valence-corrected chi connectivity index (χ3v) is 4.65. The lowest BCUT2D eigenvalue weighted by Crippen LogP contribution is -2.11. The minimum atomic E-state index is 0.110. The zero-order chi connectivity index (χ0) is 20.8. The molecule has 2 aromatic heterocycles. The van der Waals surface area contributed by atoms with Crippen molar-refractivity contribution in [1.29, 1.82) is 0 Å². The third-order valence-electron chi connectivity index (χ3n) is 4.32. The second-order valence-electron chi connectivity index (χ2n) is 6.59. The van der Waals surface area contributed by atoms with Crippen LogP contribution in [0.5, 0.6) is 11.9 Å². The molecular formula is C21H24ClN5O2. The van der Waals surface area contributed by atoms with Gasteiger partial charge >= 0.3 is 6.01 Å². The summed E-state index contributed by atoms with van der Waals surface area (Å²) in [5.41, 5.74) is 8.06. The molecule has 0 spiro atoms. The van der Waals surface area contributed by atoms with Gasteiger partial charge in [0.05, 0.1) is 18.2 Å². The van der Waals surface area contributed by atoms with Gasteiger partial charge in [-0.15, -0.1) is 0 Å². The molecule has 0 aliphatic carbocycles. The Bertz CT molecular complexity index is 966. The highest BCUT2D eigenvalue weighted by Crippen LogP contribution is 2.29. The molecule has 0 fully saturated rings. The number of aromatic nitrogens is 4. The van der Waals surface area contributed by atoms with Gasteiger partial charge in [-0.3, -0.25) is 0 Å². The van der Waals surface area contributed by atoms with Crippen molar-refractivity contribution in [2.45, 2.75) is 39.3 Å². The molecule has 0 radical (unpaired) electrons. The lowest BCUT2D eigenvalue weighted by Gasteiger charge is -2.13. The SMILES string of the molecule is CCCC(C)Oc1ccc(-c2nc(OC)nc(-c3cc(CN)ccc3Cl)n2)cn1. The summed E-state index contributed by atoms with van der Waals surface area (Å²) in [4.78, 5) is 17.6. The first-order valence-corrected chi connectivity index (χ1v) is 9.83. The third kappa shape index (κ3) is 5.19. The highest BCUT2D eigenvalue weighted by atomic mass is 35.5. The van der Waals surface area contributed by atoms with Crippen LogP contribution in [-0.2, 0) is 6.54 Å². The van der Waals surface area contributed by atoms with Crippen LogP contribution in [0.2, 0.25) is 5.02 Å². The van der Waals surface area contributed by atoms with Crippen LogP contribution in [0.25, 0.3) is 22.8 Å². The predicted octanol–water partition coefficient (Wildman–Crippen LogP) is 4.29. The molecule has 1 unspecified atom stereocenters. The number of pyridine rings is 1. The molecule has 0 amide bonds. The van der Waals surface area contributed by atoms with E-state index in [2.05, 4.69) is 26.9 Å². The van der Waals surface area contributed by atoms with E-state index in [1.165, 1.54) is 7.11 Å². The zero-order valence-electron chi connectivity index (χ0n) is 16.7. The number of benzene rings is 1. The van der Waals surface area contributed by atoms with Gasteiger partial charge in [0.2, 0.25) is 5.88 Å². The highest BCUT2D eigenvalue weighted by Gasteiger charge is 2.14. The molecule has 152 valence electrons. The first-order chi connectivity index (χ1) is 14.0. The summed E-state index contributed by atoms with van der Waals surface area (Å²) in [6, 6.07) is 9.37. The molecule has 2 N–H and O–H groups in total. The molecule has 0 saturated heterocycles. The summed E-state index contributed by atoms with van der Waals surface area (Å²) < 4.78 is 11.1. The van der Waals surface area contributed by atoms with Gasteiger partial charge in [-0.25, -0.2) is 9.97 Å². The fourth-order valence-corrected chi connectivity index (χ4v) is 3.02. The quantitative estimate of drug-likeness (QED) is 0.588. The van der Waals surface area contributed by atoms with Crippen molar-refractivity contribution in [2.75, 3.05) is 7.11 Å². The van der Waals surface area contributed by atoms with Gasteiger partial charge < -0.3 is 15.2 Å². The first-order valence-electron chi connectivity index (χ1n) is 9.46. The number of halogens is 1. The molecule has 7 nitrogen and oxygen atoms in total. The minimum Gasteiger partial charge on any atom is -0.475 e. The number of ether oxygens (including phenoxy) is 2. The Balaban J connectivity index is 1.95. The van der Waals surface area contributed by atoms with E-state index in [9.17, 15) is 0 Å². The fourth-order valence-electron chi connectivity index (χ4n) is 2.82. The van der Waals surface area contributed by atoms with Crippen LogP contribution in [0.3, 0.4) is 0 Å². The molecule has 2 heterocycles. The van der Waals surface area contributed by atoms with E-state index < -0.39 is 0 Å². The Hall–Kier alpha value is -2.77. The number of hydrogen-bond acceptors (Lipinski definition) is 7. The van der Waals surface area contributed by atoms with E-state index >= 15 is 0 Å². The summed E-state index contributed by atoms with van der Waals surface area (Å²) >= 11 is 6.37. The Morgan fingerprint density at radius 2 is 1.90 bits per heavy atom. The van der Waals surface area contributed by atoms with E-state index in [1.54, 1.807) is 18.3 Å². The van der Waals surface area contributed by atoms with Crippen LogP contribution >= 0.6 is 11.6 Å². The maximum atomic E-state index is 6.37. The Morgan fingerprint density at radius 3 is 2.55 bits per heavy atom. The van der Waals surface area contributed by atoms with Crippen LogP contribution in [0.15, 0.2) is 36.5 Å². The van der Waals surface area contributed by atoms with Crippen LogP contribution in [0, 0.1) is 0 Å². The van der Waals surface area contributed by atoms with Crippen molar-refractivity contribution >= 4 is 11.6 Å². The Labute approximate surface area is 175 Å². The zero-order valence-corrected chi connectivity index (χ0v) is 17.5. The standard InChI is InChI=1S/C21H24ClN5O2/c1-4-5-13(2)29-18-9-7-15(12-24-18)19-25-20(27-21(26-19)28-3)16-10-14(11-23)6-8-17(16)22/h6-10,12-13H,4-5,11,23H2,1-3H3. The van der Waals surface area contributed by atoms with Crippen molar-refractivity contribution < 1.29 is 9.47 Å². The highest BCUT2D eigenvalue weighted by molar-refractivity contribution is 6.33. The van der Waals surface area contributed by atoms with E-state index in [0.29, 0.717) is 40.2 Å². The maximum absolute atomic E-state index is 6.37. The van der Waals surface area contributed by atoms with E-state index in [1.807, 2.05) is 25.1 Å². The van der Waals surface area contributed by atoms with Gasteiger partial charge in [0.1, 0.15) is 0 Å². The van der Waals surface area contributed by atoms with Crippen molar-refractivity contribution in [2.24, 2.45) is 5.73 Å². The lowest BCUT2D eigenvalue weighted by atomic mass is 10.1. The van der Waals surface area contributed by atoms with Gasteiger partial charge in [-0.2, -0.15) is 9.97 Å². The van der Waals surface area contributed by atoms with Crippen LogP contribution in [0.4, 0.5) is 0 Å². The number of nitrogens with two attached hydrogens (primary N) is 1. The maximum Gasteiger partial charge on any atom is 0.320 e. The van der Waals surface area contributed by atoms with E-state index in [4.69, 9.17) is 26.8 Å². The van der Waals surface area contributed by atoms with E-state index in [-0.39, 0.29) is 12.1 Å². The van der Waals surface area contributed by atoms with Gasteiger partial charge in [0.25, 0.3) is 0 Å². The number of methoxy groups -OCH3 is 1. The average Bonchev–Trinajstić information content (AvgIpc) is 2.74. The fraction of sp³-hybridized carbons (Fsp3) is 0.333. The van der Waals surface area contributed by atoms with Crippen LogP contribution < -0.4 is 15.2 Å². The number of rotatable bonds is 8. The number of nitrogens with zero attached hydrogens (tertiary/aromatic N) is 4. The molecule has 3 aromatic rings. The molecule has 8 heteroatoms. The molecule has 0 aliphatic rings. The molecule has 0 saturated carbocycles. The lowest BCUT2D eigenvalue weighted by molar-refractivity contribution is 0.201. The van der Waals surface area contributed by atoms with Crippen molar-refractivity contribution in [3.8, 4) is 34.7 Å². The summed E-state index contributed by atoms with van der Waals surface area (Å²) in [5.74, 6) is 1.40. The monoisotopic (exact) mass is 413 g/mol. The topological polar surface area (TPSA) is 96.0 Å². The van der Waals surface area contributed by atoms with Crippen molar-refractivity contribution in [1.82, 2.24) is 19.9 Å². The van der Waals surface area contributed by atoms with Crippen LogP contribution in [0.1, 0.15) is 32.3 Å². The summed E-state index contributed by atoms with van der Waals surface area (Å²) in [5, 5.41) is 0.521. The molecule has 0 aliphatic heterocycles. The second-order valence-corrected chi connectivity index (χ2v) is 7.00. The smallest absolute Gasteiger partial charge is 0.320 e. The molecule has 1 atom stereocenters. The largest absolute Gasteiger partial charge is 0.475 e. The summed E-state index contributed by atoms with van der Waals surface area (Å²) in [6.45, 7) is 4.54. The summed E-state index contributed by atoms with van der Waals surface area (Å²) in [6.07, 6.45) is 3.81. The van der Waals surface area contributed by atoms with Gasteiger partial charge in [-0.1, -0.05) is 31.0 Å². The van der Waals surface area contributed by atoms with E-state index in [0.717, 1.165) is 18.4 Å². The molecule has 0 bridgehead atoms. The van der Waals surface area contributed by atoms with Gasteiger partial charge in [0.15, 0.2) is 11.6 Å². The van der Waals surface area contributed by atoms with Crippen molar-refractivity contribution in [3.05, 3.63) is 47.1 Å². The predicted molar refractivity (Wildman–Crippen MR) is 113 cm³/mol. The minimum absolute atomic E-state index is 0.110. The molecule has 1 aromatic carbocycles. The van der Waals surface area contributed by atoms with Crippen LogP contribution in [-0.4, -0.2) is 33.1 Å². The van der Waals surface area contributed by atoms with Gasteiger partial charge in [-0.05, 0) is 37.1 Å². The average molecular weight is 414 g/mol. The number of hydrogen-bond donors (Lipinski definition) is 1. The molecular weight excluding hydrogens is 390 g/mol. The van der Waals surface area contributed by atoms with Crippen molar-refractivity contribution in [3.63, 3.8) is 0 Å².